The van der Waals surface area contributed by atoms with Crippen molar-refractivity contribution in [1.29, 1.82) is 0 Å². The molecule has 0 atom stereocenters. The fourth-order valence-electron chi connectivity index (χ4n) is 3.61. The number of hydrogen-bond donors (Lipinski definition) is 1. The van der Waals surface area contributed by atoms with Gasteiger partial charge in [-0.05, 0) is 61.0 Å². The van der Waals surface area contributed by atoms with Gasteiger partial charge in [0.15, 0.2) is 0 Å². The van der Waals surface area contributed by atoms with Gasteiger partial charge in [0.05, 0.1) is 24.1 Å². The Balaban J connectivity index is 1.41. The van der Waals surface area contributed by atoms with E-state index < -0.39 is 0 Å². The lowest BCUT2D eigenvalue weighted by Crippen LogP contribution is -2.30. The van der Waals surface area contributed by atoms with Crippen LogP contribution in [0.4, 0.5) is 11.4 Å². The maximum absolute atomic E-state index is 13.5. The van der Waals surface area contributed by atoms with E-state index in [1.807, 2.05) is 36.4 Å². The minimum absolute atomic E-state index is 0.125. The summed E-state index contributed by atoms with van der Waals surface area (Å²) >= 11 is 1.57. The first-order chi connectivity index (χ1) is 15.6. The SMILES string of the molecule is Cc1occc1C(=O)Nc1ccc(C(=O)N2Cc3ccccc3Sc3ncccc32)cc1. The molecule has 158 valence electrons. The van der Waals surface area contributed by atoms with E-state index in [1.54, 1.807) is 60.1 Å². The van der Waals surface area contributed by atoms with Crippen LogP contribution in [0, 0.1) is 6.92 Å². The monoisotopic (exact) mass is 441 g/mol. The number of hydrogen-bond acceptors (Lipinski definition) is 5. The van der Waals surface area contributed by atoms with Gasteiger partial charge in [-0.2, -0.15) is 0 Å². The number of benzene rings is 2. The van der Waals surface area contributed by atoms with Crippen LogP contribution in [0.1, 0.15) is 32.0 Å². The lowest BCUT2D eigenvalue weighted by atomic mass is 10.1. The summed E-state index contributed by atoms with van der Waals surface area (Å²) in [6.07, 6.45) is 3.22. The van der Waals surface area contributed by atoms with Crippen LogP contribution < -0.4 is 10.2 Å². The van der Waals surface area contributed by atoms with E-state index in [4.69, 9.17) is 4.42 Å². The van der Waals surface area contributed by atoms with Crippen LogP contribution in [0.3, 0.4) is 0 Å². The number of nitrogens with one attached hydrogen (secondary N) is 1. The summed E-state index contributed by atoms with van der Waals surface area (Å²) in [5, 5.41) is 3.63. The fourth-order valence-corrected chi connectivity index (χ4v) is 4.63. The van der Waals surface area contributed by atoms with Crippen molar-refractivity contribution in [3.05, 3.63) is 102 Å². The molecule has 1 aliphatic heterocycles. The predicted molar refractivity (Wildman–Crippen MR) is 123 cm³/mol. The van der Waals surface area contributed by atoms with Crippen molar-refractivity contribution in [3.63, 3.8) is 0 Å². The third-order valence-electron chi connectivity index (χ3n) is 5.29. The quantitative estimate of drug-likeness (QED) is 0.451. The molecule has 3 heterocycles. The number of nitrogens with zero attached hydrogens (tertiary/aromatic N) is 2. The van der Waals surface area contributed by atoms with Crippen LogP contribution in [-0.4, -0.2) is 16.8 Å². The second kappa shape index (κ2) is 8.36. The third kappa shape index (κ3) is 3.78. The minimum Gasteiger partial charge on any atom is -0.469 e. The molecule has 32 heavy (non-hydrogen) atoms. The van der Waals surface area contributed by atoms with E-state index in [0.29, 0.717) is 29.1 Å². The molecule has 0 fully saturated rings. The van der Waals surface area contributed by atoms with Crippen molar-refractivity contribution >= 4 is 35.0 Å². The molecule has 4 aromatic rings. The van der Waals surface area contributed by atoms with Crippen LogP contribution in [0.5, 0.6) is 0 Å². The molecule has 2 aromatic heterocycles. The number of pyridine rings is 1. The van der Waals surface area contributed by atoms with Gasteiger partial charge < -0.3 is 14.6 Å². The van der Waals surface area contributed by atoms with Gasteiger partial charge in [0.1, 0.15) is 10.8 Å². The van der Waals surface area contributed by atoms with Crippen molar-refractivity contribution < 1.29 is 14.0 Å². The van der Waals surface area contributed by atoms with E-state index >= 15 is 0 Å². The van der Waals surface area contributed by atoms with Crippen molar-refractivity contribution in [2.75, 3.05) is 10.2 Å². The Labute approximate surface area is 189 Å². The van der Waals surface area contributed by atoms with Crippen LogP contribution in [0.15, 0.2) is 93.5 Å². The number of rotatable bonds is 3. The number of anilines is 2. The van der Waals surface area contributed by atoms with Gasteiger partial charge in [0, 0.05) is 22.3 Å². The van der Waals surface area contributed by atoms with E-state index in [1.165, 1.54) is 6.26 Å². The Morgan fingerprint density at radius 3 is 2.62 bits per heavy atom. The molecule has 1 N–H and O–H groups in total. The molecular formula is C25H19N3O3S. The second-order valence-corrected chi connectivity index (χ2v) is 8.38. The Bertz CT molecular complexity index is 1310. The van der Waals surface area contributed by atoms with Gasteiger partial charge in [0.2, 0.25) is 0 Å². The zero-order chi connectivity index (χ0) is 22.1. The van der Waals surface area contributed by atoms with E-state index in [0.717, 1.165) is 21.2 Å². The van der Waals surface area contributed by atoms with Gasteiger partial charge >= 0.3 is 0 Å². The molecule has 5 rings (SSSR count). The fraction of sp³-hybridized carbons (Fsp3) is 0.0800. The number of fused-ring (bicyclic) bond motifs is 2. The summed E-state index contributed by atoms with van der Waals surface area (Å²) in [6, 6.07) is 20.3. The molecule has 0 saturated carbocycles. The summed E-state index contributed by atoms with van der Waals surface area (Å²) < 4.78 is 5.19. The highest BCUT2D eigenvalue weighted by Gasteiger charge is 2.26. The van der Waals surface area contributed by atoms with Crippen LogP contribution in [0.25, 0.3) is 0 Å². The highest BCUT2D eigenvalue weighted by atomic mass is 32.2. The first-order valence-electron chi connectivity index (χ1n) is 10.1. The van der Waals surface area contributed by atoms with Crippen LogP contribution in [0.2, 0.25) is 0 Å². The number of carbonyl (C=O) groups excluding carboxylic acids is 2. The molecular weight excluding hydrogens is 422 g/mol. The average Bonchev–Trinajstić information content (AvgIpc) is 3.17. The molecule has 2 aromatic carbocycles. The van der Waals surface area contributed by atoms with Crippen molar-refractivity contribution in [3.8, 4) is 0 Å². The van der Waals surface area contributed by atoms with Crippen LogP contribution in [-0.2, 0) is 6.54 Å². The van der Waals surface area contributed by atoms with Gasteiger partial charge in [0.25, 0.3) is 11.8 Å². The number of furan rings is 1. The Morgan fingerprint density at radius 1 is 1.03 bits per heavy atom. The first-order valence-corrected chi connectivity index (χ1v) is 10.9. The Kier molecular flexibility index (Phi) is 5.25. The number of amides is 2. The smallest absolute Gasteiger partial charge is 0.259 e. The molecule has 0 aliphatic carbocycles. The van der Waals surface area contributed by atoms with Crippen molar-refractivity contribution in [2.45, 2.75) is 23.4 Å². The van der Waals surface area contributed by atoms with Crippen molar-refractivity contribution in [1.82, 2.24) is 4.98 Å². The van der Waals surface area contributed by atoms with Gasteiger partial charge in [-0.3, -0.25) is 9.59 Å². The number of aryl methyl sites for hydroxylation is 1. The predicted octanol–water partition coefficient (Wildman–Crippen LogP) is 5.55. The Morgan fingerprint density at radius 2 is 1.84 bits per heavy atom. The van der Waals surface area contributed by atoms with E-state index in [9.17, 15) is 9.59 Å². The van der Waals surface area contributed by atoms with Gasteiger partial charge in [-0.25, -0.2) is 4.98 Å². The average molecular weight is 442 g/mol. The molecule has 6 nitrogen and oxygen atoms in total. The normalized spacial score (nSPS) is 12.5. The maximum atomic E-state index is 13.5. The Hall–Kier alpha value is -3.84. The number of carbonyl (C=O) groups is 2. The largest absolute Gasteiger partial charge is 0.469 e. The maximum Gasteiger partial charge on any atom is 0.259 e. The lowest BCUT2D eigenvalue weighted by Gasteiger charge is -2.22. The van der Waals surface area contributed by atoms with Gasteiger partial charge in [-0.1, -0.05) is 30.0 Å². The topological polar surface area (TPSA) is 75.4 Å². The second-order valence-electron chi connectivity index (χ2n) is 7.35. The molecule has 0 bridgehead atoms. The molecule has 0 spiro atoms. The molecule has 0 saturated heterocycles. The summed E-state index contributed by atoms with van der Waals surface area (Å²) in [5.41, 5.74) is 3.47. The highest BCUT2D eigenvalue weighted by molar-refractivity contribution is 7.99. The van der Waals surface area contributed by atoms with E-state index in [-0.39, 0.29) is 11.8 Å². The zero-order valence-electron chi connectivity index (χ0n) is 17.2. The molecule has 0 unspecified atom stereocenters. The molecule has 2 amide bonds. The number of aromatic nitrogens is 1. The molecule has 1 aliphatic rings. The summed E-state index contributed by atoms with van der Waals surface area (Å²) in [6.45, 7) is 2.19. The lowest BCUT2D eigenvalue weighted by molar-refractivity contribution is 0.0983. The molecule has 0 radical (unpaired) electrons. The first kappa shape index (κ1) is 20.1. The standard InChI is InChI=1S/C25H19N3O3S/c1-16-20(12-14-31-16)23(29)27-19-10-8-17(9-11-19)25(30)28-15-18-5-2-3-7-22(18)32-24-21(28)6-4-13-26-24/h2-14H,15H2,1H3,(H,27,29). The summed E-state index contributed by atoms with van der Waals surface area (Å²) in [7, 11) is 0. The summed E-state index contributed by atoms with van der Waals surface area (Å²) in [4.78, 5) is 33.2. The van der Waals surface area contributed by atoms with Crippen molar-refractivity contribution in [2.24, 2.45) is 0 Å². The molecule has 7 heteroatoms. The highest BCUT2D eigenvalue weighted by Crippen LogP contribution is 2.40. The summed E-state index contributed by atoms with van der Waals surface area (Å²) in [5.74, 6) is 0.178. The minimum atomic E-state index is -0.253. The van der Waals surface area contributed by atoms with Gasteiger partial charge in [-0.15, -0.1) is 0 Å². The third-order valence-corrected chi connectivity index (χ3v) is 6.41. The zero-order valence-corrected chi connectivity index (χ0v) is 18.1. The van der Waals surface area contributed by atoms with Crippen LogP contribution >= 0.6 is 11.8 Å². The van der Waals surface area contributed by atoms with E-state index in [2.05, 4.69) is 10.3 Å².